The molecule has 4 rings (SSSR count). The molecule has 32 heavy (non-hydrogen) atoms. The van der Waals surface area contributed by atoms with Gasteiger partial charge in [-0.05, 0) is 91.7 Å². The molecule has 6 heteroatoms. The summed E-state index contributed by atoms with van der Waals surface area (Å²) in [6, 6.07) is 12.2. The highest BCUT2D eigenvalue weighted by molar-refractivity contribution is 7.10. The quantitative estimate of drug-likeness (QED) is 0.320. The topological polar surface area (TPSA) is 66.8 Å². The van der Waals surface area contributed by atoms with Crippen LogP contribution in [0.15, 0.2) is 53.4 Å². The van der Waals surface area contributed by atoms with Gasteiger partial charge in [-0.3, -0.25) is 14.5 Å². The van der Waals surface area contributed by atoms with E-state index in [2.05, 4.69) is 0 Å². The van der Waals surface area contributed by atoms with Gasteiger partial charge >= 0.3 is 0 Å². The number of thiophene rings is 1. The molecule has 5 nitrogen and oxygen atoms in total. The summed E-state index contributed by atoms with van der Waals surface area (Å²) in [6.07, 6.45) is 0. The molecule has 1 aliphatic rings. The van der Waals surface area contributed by atoms with Crippen LogP contribution < -0.4 is 9.64 Å². The first-order valence-electron chi connectivity index (χ1n) is 10.3. The van der Waals surface area contributed by atoms with Gasteiger partial charge in [0.05, 0.1) is 12.7 Å². The number of amides is 1. The van der Waals surface area contributed by atoms with E-state index in [1.54, 1.807) is 25.3 Å². The van der Waals surface area contributed by atoms with E-state index in [-0.39, 0.29) is 11.3 Å². The summed E-state index contributed by atoms with van der Waals surface area (Å²) in [5.41, 5.74) is 5.09. The smallest absolute Gasteiger partial charge is 0.300 e. The number of anilines is 1. The second-order valence-corrected chi connectivity index (χ2v) is 9.03. The van der Waals surface area contributed by atoms with Crippen LogP contribution in [0.3, 0.4) is 0 Å². The fraction of sp³-hybridized carbons (Fsp3) is 0.231. The minimum Gasteiger partial charge on any atom is -0.507 e. The molecule has 1 unspecified atom stereocenters. The lowest BCUT2D eigenvalue weighted by Crippen LogP contribution is -2.29. The normalized spacial score (nSPS) is 17.8. The lowest BCUT2D eigenvalue weighted by Gasteiger charge is -2.25. The van der Waals surface area contributed by atoms with Gasteiger partial charge in [0.25, 0.3) is 11.7 Å². The molecule has 0 aliphatic carbocycles. The Hall–Kier alpha value is -3.38. The van der Waals surface area contributed by atoms with Crippen molar-refractivity contribution in [1.29, 1.82) is 0 Å². The average molecular weight is 448 g/mol. The zero-order chi connectivity index (χ0) is 23.2. The van der Waals surface area contributed by atoms with Crippen LogP contribution in [0.5, 0.6) is 5.75 Å². The second kappa shape index (κ2) is 8.28. The van der Waals surface area contributed by atoms with Crippen LogP contribution in [0.25, 0.3) is 5.76 Å². The third-order valence-electron chi connectivity index (χ3n) is 6.05. The lowest BCUT2D eigenvalue weighted by atomic mass is 9.96. The van der Waals surface area contributed by atoms with E-state index >= 15 is 0 Å². The number of nitrogens with zero attached hydrogens (tertiary/aromatic N) is 1. The number of hydrogen-bond donors (Lipinski definition) is 1. The maximum atomic E-state index is 13.3. The van der Waals surface area contributed by atoms with Crippen molar-refractivity contribution >= 4 is 34.5 Å². The van der Waals surface area contributed by atoms with Crippen LogP contribution in [0, 0.1) is 27.7 Å². The van der Waals surface area contributed by atoms with Crippen molar-refractivity contribution in [1.82, 2.24) is 0 Å². The van der Waals surface area contributed by atoms with E-state index in [4.69, 9.17) is 4.74 Å². The summed E-state index contributed by atoms with van der Waals surface area (Å²) in [5.74, 6) is -0.847. The Bertz CT molecular complexity index is 1270. The third-order valence-corrected chi connectivity index (χ3v) is 7.12. The van der Waals surface area contributed by atoms with Crippen molar-refractivity contribution in [2.75, 3.05) is 12.0 Å². The number of carbonyl (C=O) groups excluding carboxylic acids is 2. The lowest BCUT2D eigenvalue weighted by molar-refractivity contribution is -0.132. The van der Waals surface area contributed by atoms with Crippen LogP contribution in [-0.2, 0) is 9.59 Å². The number of aliphatic hydroxyl groups is 1. The summed E-state index contributed by atoms with van der Waals surface area (Å²) >= 11 is 1.47. The first kappa shape index (κ1) is 21.8. The van der Waals surface area contributed by atoms with E-state index in [1.807, 2.05) is 57.3 Å². The molecule has 2 heterocycles. The molecule has 0 bridgehead atoms. The summed E-state index contributed by atoms with van der Waals surface area (Å²) < 4.78 is 5.26. The second-order valence-electron chi connectivity index (χ2n) is 8.09. The van der Waals surface area contributed by atoms with Crippen LogP contribution in [-0.4, -0.2) is 23.9 Å². The molecule has 1 saturated heterocycles. The summed E-state index contributed by atoms with van der Waals surface area (Å²) in [7, 11) is 1.57. The Kier molecular flexibility index (Phi) is 5.65. The van der Waals surface area contributed by atoms with Crippen molar-refractivity contribution < 1.29 is 19.4 Å². The Morgan fingerprint density at radius 1 is 0.938 bits per heavy atom. The molecule has 1 aliphatic heterocycles. The number of aliphatic hydroxyl groups excluding tert-OH is 1. The number of Topliss-reactive ketones (excluding diaryl/α,β-unsaturated/α-hetero) is 1. The highest BCUT2D eigenvalue weighted by Gasteiger charge is 2.48. The van der Waals surface area contributed by atoms with E-state index in [9.17, 15) is 14.7 Å². The van der Waals surface area contributed by atoms with E-state index < -0.39 is 17.7 Å². The zero-order valence-corrected chi connectivity index (χ0v) is 19.5. The molecule has 1 fully saturated rings. The minimum atomic E-state index is -0.696. The zero-order valence-electron chi connectivity index (χ0n) is 18.7. The Labute approximate surface area is 191 Å². The van der Waals surface area contributed by atoms with Gasteiger partial charge in [0, 0.05) is 16.1 Å². The van der Waals surface area contributed by atoms with Gasteiger partial charge in [0.15, 0.2) is 0 Å². The molecule has 1 N–H and O–H groups in total. The average Bonchev–Trinajstić information content (AvgIpc) is 3.30. The molecule has 164 valence electrons. The van der Waals surface area contributed by atoms with Crippen molar-refractivity contribution in [2.45, 2.75) is 33.7 Å². The first-order chi connectivity index (χ1) is 15.2. The van der Waals surface area contributed by atoms with Gasteiger partial charge in [-0.2, -0.15) is 0 Å². The minimum absolute atomic E-state index is 0.104. The van der Waals surface area contributed by atoms with Gasteiger partial charge in [-0.1, -0.05) is 6.07 Å². The third kappa shape index (κ3) is 3.50. The number of carbonyl (C=O) groups is 2. The molecular formula is C26H25NO4S. The van der Waals surface area contributed by atoms with Crippen molar-refractivity contribution in [2.24, 2.45) is 0 Å². The van der Waals surface area contributed by atoms with Gasteiger partial charge in [0.1, 0.15) is 17.6 Å². The van der Waals surface area contributed by atoms with E-state index in [0.29, 0.717) is 17.0 Å². The monoisotopic (exact) mass is 447 g/mol. The number of methoxy groups -OCH3 is 1. The molecular weight excluding hydrogens is 422 g/mol. The molecule has 0 saturated carbocycles. The van der Waals surface area contributed by atoms with Crippen molar-refractivity contribution in [3.63, 3.8) is 0 Å². The van der Waals surface area contributed by atoms with Crippen LogP contribution in [0.1, 0.15) is 38.7 Å². The number of benzene rings is 2. The molecule has 0 radical (unpaired) electrons. The maximum Gasteiger partial charge on any atom is 0.300 e. The van der Waals surface area contributed by atoms with Crippen molar-refractivity contribution in [3.8, 4) is 5.75 Å². The summed E-state index contributed by atoms with van der Waals surface area (Å²) in [5, 5.41) is 13.3. The molecule has 2 aromatic carbocycles. The Morgan fingerprint density at radius 2 is 1.69 bits per heavy atom. The molecule has 1 atom stereocenters. The first-order valence-corrected chi connectivity index (χ1v) is 11.2. The largest absolute Gasteiger partial charge is 0.507 e. The molecule has 1 amide bonds. The Balaban J connectivity index is 1.96. The summed E-state index contributed by atoms with van der Waals surface area (Å²) in [4.78, 5) is 28.9. The maximum absolute atomic E-state index is 13.3. The predicted octanol–water partition coefficient (Wildman–Crippen LogP) is 5.62. The highest BCUT2D eigenvalue weighted by Crippen LogP contribution is 2.45. The van der Waals surface area contributed by atoms with Gasteiger partial charge in [-0.25, -0.2) is 0 Å². The summed E-state index contributed by atoms with van der Waals surface area (Å²) in [6.45, 7) is 7.76. The van der Waals surface area contributed by atoms with Crippen LogP contribution in [0.4, 0.5) is 5.69 Å². The molecule has 0 spiro atoms. The van der Waals surface area contributed by atoms with Crippen LogP contribution >= 0.6 is 11.3 Å². The molecule has 3 aromatic rings. The van der Waals surface area contributed by atoms with Gasteiger partial charge in [-0.15, -0.1) is 11.3 Å². The van der Waals surface area contributed by atoms with Gasteiger partial charge in [0.2, 0.25) is 0 Å². The molecule has 1 aromatic heterocycles. The highest BCUT2D eigenvalue weighted by atomic mass is 32.1. The predicted molar refractivity (Wildman–Crippen MR) is 127 cm³/mol. The number of rotatable bonds is 4. The number of ether oxygens (including phenoxy) is 1. The fourth-order valence-corrected chi connectivity index (χ4v) is 5.09. The Morgan fingerprint density at radius 3 is 2.28 bits per heavy atom. The fourth-order valence-electron chi connectivity index (χ4n) is 4.06. The van der Waals surface area contributed by atoms with Crippen molar-refractivity contribution in [3.05, 3.63) is 86.1 Å². The number of hydrogen-bond acceptors (Lipinski definition) is 5. The van der Waals surface area contributed by atoms with E-state index in [0.717, 1.165) is 27.1 Å². The van der Waals surface area contributed by atoms with E-state index in [1.165, 1.54) is 16.2 Å². The van der Waals surface area contributed by atoms with Gasteiger partial charge < -0.3 is 9.84 Å². The standard InChI is InChI=1S/C26H25NO4S/c1-14-6-7-18(12-16(14)3)27-22(25-15(2)10-11-32-25)21(24(29)26(27)30)23(28)20-9-8-19(31-5)13-17(20)4/h6-13,22,28H,1-5H3/b23-21+. The van der Waals surface area contributed by atoms with Crippen LogP contribution in [0.2, 0.25) is 0 Å². The number of aryl methyl sites for hydroxylation is 4. The number of ketones is 1. The SMILES string of the molecule is COc1ccc(/C(O)=C2\C(=O)C(=O)N(c3ccc(C)c(C)c3)C2c2sccc2C)c(C)c1.